The van der Waals surface area contributed by atoms with E-state index in [0.29, 0.717) is 22.6 Å². The average Bonchev–Trinajstić information content (AvgIpc) is 2.95. The Bertz CT molecular complexity index is 1340. The van der Waals surface area contributed by atoms with Crippen molar-refractivity contribution >= 4 is 30.1 Å². The first-order valence-electron chi connectivity index (χ1n) is 12.7. The average molecular weight is 569 g/mol. The zero-order chi connectivity index (χ0) is 29.8. The van der Waals surface area contributed by atoms with Crippen LogP contribution in [0.1, 0.15) is 37.9 Å². The summed E-state index contributed by atoms with van der Waals surface area (Å²) >= 11 is 0. The lowest BCUT2D eigenvalue weighted by molar-refractivity contribution is -0.145. The van der Waals surface area contributed by atoms with Crippen molar-refractivity contribution in [2.45, 2.75) is 26.8 Å². The molecule has 1 heterocycles. The highest BCUT2D eigenvalue weighted by Crippen LogP contribution is 2.34. The fourth-order valence-corrected chi connectivity index (χ4v) is 3.79. The summed E-state index contributed by atoms with van der Waals surface area (Å²) in [4.78, 5) is 48.4. The third-order valence-corrected chi connectivity index (χ3v) is 5.57. The standard InChI is InChI=1S/C28H32N4O9/c1-5-38-24(34)16-40-20-9-7-8-18(12-20)14-29-32-23(33)15-41-21-11-10-19(13-22(21)37-4)26-25(27(35)39-6-2)17(3)30-28(36)31-26/h7-14,26H,5-6,15-16H2,1-4H3,(H,32,33)(H2,30,31,36)/b29-14+/t26-/m1/s1. The molecule has 1 atom stereocenters. The molecule has 2 aromatic carbocycles. The SMILES string of the molecule is CCOC(=O)COc1cccc(/C=N/NC(=O)COc2ccc([C@H]3NC(=O)NC(C)=C3C(=O)OCC)cc2OC)c1. The van der Waals surface area contributed by atoms with Crippen LogP contribution in [0.15, 0.2) is 58.8 Å². The second-order valence-electron chi connectivity index (χ2n) is 8.45. The van der Waals surface area contributed by atoms with Gasteiger partial charge in [-0.25, -0.2) is 19.8 Å². The normalized spacial score (nSPS) is 14.5. The van der Waals surface area contributed by atoms with E-state index in [4.69, 9.17) is 23.7 Å². The van der Waals surface area contributed by atoms with E-state index >= 15 is 0 Å². The van der Waals surface area contributed by atoms with Gasteiger partial charge in [-0.15, -0.1) is 0 Å². The Morgan fingerprint density at radius 1 is 1.00 bits per heavy atom. The van der Waals surface area contributed by atoms with Gasteiger partial charge >= 0.3 is 18.0 Å². The van der Waals surface area contributed by atoms with Crippen molar-refractivity contribution in [3.8, 4) is 17.2 Å². The number of ether oxygens (including phenoxy) is 5. The minimum absolute atomic E-state index is 0.177. The van der Waals surface area contributed by atoms with E-state index in [9.17, 15) is 19.2 Å². The summed E-state index contributed by atoms with van der Waals surface area (Å²) < 4.78 is 26.4. The number of amides is 3. The summed E-state index contributed by atoms with van der Waals surface area (Å²) in [6, 6.07) is 10.3. The zero-order valence-corrected chi connectivity index (χ0v) is 23.1. The lowest BCUT2D eigenvalue weighted by Crippen LogP contribution is -2.45. The molecule has 0 spiro atoms. The topological polar surface area (TPSA) is 163 Å². The summed E-state index contributed by atoms with van der Waals surface area (Å²) in [5.41, 5.74) is 4.18. The van der Waals surface area contributed by atoms with Gasteiger partial charge < -0.3 is 34.3 Å². The van der Waals surface area contributed by atoms with Crippen molar-refractivity contribution in [3.05, 3.63) is 64.9 Å². The minimum atomic E-state index is -0.780. The first kappa shape index (κ1) is 30.5. The number of esters is 2. The maximum atomic E-state index is 12.6. The van der Waals surface area contributed by atoms with Crippen LogP contribution in [0.2, 0.25) is 0 Å². The van der Waals surface area contributed by atoms with E-state index in [0.717, 1.165) is 0 Å². The van der Waals surface area contributed by atoms with Gasteiger partial charge in [-0.3, -0.25) is 4.79 Å². The Labute approximate surface area is 236 Å². The predicted molar refractivity (Wildman–Crippen MR) is 147 cm³/mol. The Balaban J connectivity index is 1.60. The number of carbonyl (C=O) groups is 4. The molecule has 13 heteroatoms. The molecule has 1 aliphatic heterocycles. The summed E-state index contributed by atoms with van der Waals surface area (Å²) in [5.74, 6) is -0.578. The predicted octanol–water partition coefficient (Wildman–Crippen LogP) is 2.36. The number of benzene rings is 2. The molecule has 0 saturated heterocycles. The van der Waals surface area contributed by atoms with Crippen LogP contribution >= 0.6 is 0 Å². The zero-order valence-electron chi connectivity index (χ0n) is 23.1. The largest absolute Gasteiger partial charge is 0.493 e. The first-order valence-corrected chi connectivity index (χ1v) is 12.7. The highest BCUT2D eigenvalue weighted by atomic mass is 16.6. The van der Waals surface area contributed by atoms with E-state index < -0.39 is 29.9 Å². The Morgan fingerprint density at radius 3 is 2.51 bits per heavy atom. The van der Waals surface area contributed by atoms with E-state index in [2.05, 4.69) is 21.2 Å². The molecule has 0 bridgehead atoms. The Morgan fingerprint density at radius 2 is 1.78 bits per heavy atom. The number of urea groups is 1. The highest BCUT2D eigenvalue weighted by molar-refractivity contribution is 5.95. The van der Waals surface area contributed by atoms with Gasteiger partial charge in [0.1, 0.15) is 5.75 Å². The van der Waals surface area contributed by atoms with Crippen molar-refractivity contribution in [1.82, 2.24) is 16.1 Å². The quantitative estimate of drug-likeness (QED) is 0.187. The van der Waals surface area contributed by atoms with Gasteiger partial charge in [0.05, 0.1) is 38.2 Å². The number of rotatable bonds is 13. The molecule has 218 valence electrons. The number of carbonyl (C=O) groups excluding carboxylic acids is 4. The molecule has 2 aromatic rings. The van der Waals surface area contributed by atoms with Crippen LogP contribution in [-0.2, 0) is 23.9 Å². The molecule has 3 N–H and O–H groups in total. The minimum Gasteiger partial charge on any atom is -0.493 e. The van der Waals surface area contributed by atoms with Gasteiger partial charge in [-0.1, -0.05) is 18.2 Å². The number of methoxy groups -OCH3 is 1. The molecular formula is C28H32N4O9. The first-order chi connectivity index (χ1) is 19.7. The van der Waals surface area contributed by atoms with Crippen LogP contribution in [0.4, 0.5) is 4.79 Å². The highest BCUT2D eigenvalue weighted by Gasteiger charge is 2.32. The van der Waals surface area contributed by atoms with Gasteiger partial charge in [0.2, 0.25) is 0 Å². The maximum absolute atomic E-state index is 12.6. The van der Waals surface area contributed by atoms with Crippen molar-refractivity contribution in [3.63, 3.8) is 0 Å². The number of hydrogen-bond donors (Lipinski definition) is 3. The fraction of sp³-hybridized carbons (Fsp3) is 0.321. The number of hydrazone groups is 1. The smallest absolute Gasteiger partial charge is 0.344 e. The van der Waals surface area contributed by atoms with Crippen molar-refractivity contribution in [1.29, 1.82) is 0 Å². The van der Waals surface area contributed by atoms with Crippen LogP contribution in [0, 0.1) is 0 Å². The van der Waals surface area contributed by atoms with E-state index in [1.54, 1.807) is 63.2 Å². The Hall–Kier alpha value is -5.07. The fourth-order valence-electron chi connectivity index (χ4n) is 3.79. The molecule has 41 heavy (non-hydrogen) atoms. The van der Waals surface area contributed by atoms with Gasteiger partial charge in [-0.05, 0) is 56.2 Å². The van der Waals surface area contributed by atoms with Crippen LogP contribution < -0.4 is 30.3 Å². The molecule has 0 saturated carbocycles. The van der Waals surface area contributed by atoms with Crippen LogP contribution in [-0.4, -0.2) is 63.6 Å². The van der Waals surface area contributed by atoms with Crippen molar-refractivity contribution in [2.75, 3.05) is 33.5 Å². The van der Waals surface area contributed by atoms with Gasteiger partial charge in [0.25, 0.3) is 5.91 Å². The third kappa shape index (κ3) is 8.71. The second kappa shape index (κ2) is 14.9. The molecular weight excluding hydrogens is 536 g/mol. The molecule has 1 aliphatic rings. The van der Waals surface area contributed by atoms with Gasteiger partial charge in [-0.2, -0.15) is 5.10 Å². The Kier molecular flexibility index (Phi) is 11.1. The molecule has 3 rings (SSSR count). The van der Waals surface area contributed by atoms with E-state index in [1.165, 1.54) is 13.3 Å². The van der Waals surface area contributed by atoms with Crippen LogP contribution in [0.3, 0.4) is 0 Å². The molecule has 0 aliphatic carbocycles. The lowest BCUT2D eigenvalue weighted by Gasteiger charge is -2.28. The summed E-state index contributed by atoms with van der Waals surface area (Å²) in [7, 11) is 1.43. The lowest BCUT2D eigenvalue weighted by atomic mass is 9.95. The summed E-state index contributed by atoms with van der Waals surface area (Å²) in [5, 5.41) is 9.21. The summed E-state index contributed by atoms with van der Waals surface area (Å²) in [6.07, 6.45) is 1.41. The second-order valence-corrected chi connectivity index (χ2v) is 8.45. The maximum Gasteiger partial charge on any atom is 0.344 e. The van der Waals surface area contributed by atoms with Gasteiger partial charge in [0.15, 0.2) is 24.7 Å². The third-order valence-electron chi connectivity index (χ3n) is 5.57. The monoisotopic (exact) mass is 568 g/mol. The van der Waals surface area contributed by atoms with Crippen molar-refractivity contribution < 1.29 is 42.9 Å². The van der Waals surface area contributed by atoms with Gasteiger partial charge in [0, 0.05) is 5.70 Å². The summed E-state index contributed by atoms with van der Waals surface area (Å²) in [6.45, 7) is 4.87. The van der Waals surface area contributed by atoms with Crippen LogP contribution in [0.5, 0.6) is 17.2 Å². The molecule has 0 aromatic heterocycles. The van der Waals surface area contributed by atoms with E-state index in [-0.39, 0.29) is 43.5 Å². The van der Waals surface area contributed by atoms with Crippen LogP contribution in [0.25, 0.3) is 0 Å². The number of nitrogens with one attached hydrogen (secondary N) is 3. The number of hydrogen-bond acceptors (Lipinski definition) is 10. The van der Waals surface area contributed by atoms with Crippen molar-refractivity contribution in [2.24, 2.45) is 5.10 Å². The molecule has 0 fully saturated rings. The molecule has 0 radical (unpaired) electrons. The number of allylic oxidation sites excluding steroid dienone is 1. The molecule has 0 unspecified atom stereocenters. The van der Waals surface area contributed by atoms with E-state index in [1.807, 2.05) is 0 Å². The molecule has 13 nitrogen and oxygen atoms in total. The molecule has 3 amide bonds. The number of nitrogens with zero attached hydrogens (tertiary/aromatic N) is 1.